The van der Waals surface area contributed by atoms with Crippen molar-refractivity contribution in [3.05, 3.63) is 46.5 Å². The Morgan fingerprint density at radius 2 is 1.14 bits per heavy atom. The average molecular weight is 302 g/mol. The monoisotopic (exact) mass is 302 g/mol. The van der Waals surface area contributed by atoms with Crippen molar-refractivity contribution in [1.82, 2.24) is 0 Å². The van der Waals surface area contributed by atoms with Gasteiger partial charge in [0.05, 0.1) is 24.3 Å². The highest BCUT2D eigenvalue weighted by Crippen LogP contribution is 2.33. The summed E-state index contributed by atoms with van der Waals surface area (Å²) in [4.78, 5) is 22.0. The molecule has 0 aliphatic rings. The Morgan fingerprint density at radius 1 is 0.727 bits per heavy atom. The van der Waals surface area contributed by atoms with E-state index in [4.69, 9.17) is 0 Å². The zero-order valence-corrected chi connectivity index (χ0v) is 11.5. The van der Waals surface area contributed by atoms with E-state index in [1.807, 2.05) is 0 Å². The highest BCUT2D eigenvalue weighted by atomic mass is 16.3. The molecule has 6 nitrogen and oxygen atoms in total. The van der Waals surface area contributed by atoms with E-state index in [9.17, 15) is 30.0 Å². The molecular weight excluding hydrogens is 288 g/mol. The summed E-state index contributed by atoms with van der Waals surface area (Å²) in [5.74, 6) is -0.615. The molecule has 2 aromatic carbocycles. The number of carbonyl (C=O) groups excluding carboxylic acids is 2. The first-order valence-electron chi connectivity index (χ1n) is 6.39. The fourth-order valence-corrected chi connectivity index (χ4v) is 2.19. The fraction of sp³-hybridized carbons (Fsp3) is 0.125. The zero-order chi connectivity index (χ0) is 16.3. The van der Waals surface area contributed by atoms with Crippen LogP contribution in [-0.2, 0) is 13.2 Å². The molecule has 22 heavy (non-hydrogen) atoms. The molecule has 2 aromatic rings. The molecule has 0 atom stereocenters. The summed E-state index contributed by atoms with van der Waals surface area (Å²) in [7, 11) is 0. The molecule has 0 heterocycles. The first-order valence-corrected chi connectivity index (χ1v) is 6.39. The zero-order valence-electron chi connectivity index (χ0n) is 11.5. The summed E-state index contributed by atoms with van der Waals surface area (Å²) in [5.41, 5.74) is 1.22. The highest BCUT2D eigenvalue weighted by molar-refractivity contribution is 5.91. The van der Waals surface area contributed by atoms with Crippen LogP contribution in [0.15, 0.2) is 24.3 Å². The third-order valence-electron chi connectivity index (χ3n) is 3.36. The predicted octanol–water partition coefficient (Wildman–Crippen LogP) is 1.37. The Hall–Kier alpha value is -2.70. The van der Waals surface area contributed by atoms with Gasteiger partial charge in [0.2, 0.25) is 0 Å². The number of aliphatic hydroxyl groups excluding tert-OH is 2. The summed E-state index contributed by atoms with van der Waals surface area (Å²) in [6.45, 7) is -0.877. The topological polar surface area (TPSA) is 115 Å². The van der Waals surface area contributed by atoms with Gasteiger partial charge in [-0.15, -0.1) is 0 Å². The van der Waals surface area contributed by atoms with Gasteiger partial charge in [-0.3, -0.25) is 9.59 Å². The second kappa shape index (κ2) is 6.38. The van der Waals surface area contributed by atoms with Crippen LogP contribution in [0.5, 0.6) is 11.5 Å². The molecule has 0 aromatic heterocycles. The van der Waals surface area contributed by atoms with Gasteiger partial charge in [0.15, 0.2) is 12.6 Å². The van der Waals surface area contributed by atoms with E-state index in [-0.39, 0.29) is 28.0 Å². The average Bonchev–Trinajstić information content (AvgIpc) is 2.55. The second-order valence-electron chi connectivity index (χ2n) is 4.70. The Morgan fingerprint density at radius 3 is 1.50 bits per heavy atom. The van der Waals surface area contributed by atoms with Gasteiger partial charge in [-0.2, -0.15) is 0 Å². The molecule has 0 unspecified atom stereocenters. The number of aliphatic hydroxyl groups is 2. The molecule has 0 bridgehead atoms. The number of rotatable bonds is 5. The van der Waals surface area contributed by atoms with Gasteiger partial charge < -0.3 is 20.4 Å². The predicted molar refractivity (Wildman–Crippen MR) is 77.8 cm³/mol. The van der Waals surface area contributed by atoms with Gasteiger partial charge >= 0.3 is 0 Å². The van der Waals surface area contributed by atoms with Gasteiger partial charge in [0.25, 0.3) is 0 Å². The lowest BCUT2D eigenvalue weighted by Gasteiger charge is -2.12. The van der Waals surface area contributed by atoms with E-state index < -0.39 is 19.0 Å². The second-order valence-corrected chi connectivity index (χ2v) is 4.70. The molecule has 114 valence electrons. The van der Waals surface area contributed by atoms with Gasteiger partial charge in [-0.05, 0) is 35.4 Å². The van der Waals surface area contributed by atoms with Gasteiger partial charge in [-0.1, -0.05) is 0 Å². The lowest BCUT2D eigenvalue weighted by atomic mass is 9.95. The van der Waals surface area contributed by atoms with E-state index in [1.165, 1.54) is 24.3 Å². The lowest BCUT2D eigenvalue weighted by molar-refractivity contribution is 0.112. The van der Waals surface area contributed by atoms with Crippen LogP contribution in [0.3, 0.4) is 0 Å². The highest BCUT2D eigenvalue weighted by Gasteiger charge is 2.14. The van der Waals surface area contributed by atoms with Crippen molar-refractivity contribution >= 4 is 12.6 Å². The van der Waals surface area contributed by atoms with Crippen LogP contribution in [0.25, 0.3) is 11.1 Å². The van der Waals surface area contributed by atoms with Crippen LogP contribution in [0.1, 0.15) is 31.8 Å². The summed E-state index contributed by atoms with van der Waals surface area (Å²) in [6, 6.07) is 5.71. The number of phenolic OH excluding ortho intramolecular Hbond substituents is 1. The van der Waals surface area contributed by atoms with Crippen LogP contribution in [0, 0.1) is 0 Å². The number of benzene rings is 2. The van der Waals surface area contributed by atoms with Crippen LogP contribution >= 0.6 is 0 Å². The molecular formula is C16H14O6. The Kier molecular flexibility index (Phi) is 4.55. The molecule has 2 rings (SSSR count). The van der Waals surface area contributed by atoms with Crippen molar-refractivity contribution in [2.75, 3.05) is 0 Å². The molecule has 0 amide bonds. The Bertz CT molecular complexity index is 681. The van der Waals surface area contributed by atoms with Crippen molar-refractivity contribution in [3.8, 4) is 22.6 Å². The maximum Gasteiger partial charge on any atom is 0.153 e. The van der Waals surface area contributed by atoms with Crippen molar-refractivity contribution in [2.45, 2.75) is 13.2 Å². The maximum absolute atomic E-state index is 11.0. The quantitative estimate of drug-likeness (QED) is 0.620. The van der Waals surface area contributed by atoms with E-state index in [0.717, 1.165) is 0 Å². The number of hydrogen-bond donors (Lipinski definition) is 4. The minimum Gasteiger partial charge on any atom is -0.507 e. The molecule has 6 heteroatoms. The standard InChI is InChI=1S/C16H14O6/c17-5-11-1-9(2-12(6-18)15(11)21)10-3-13(7-19)16(22)14(4-10)8-20/h1-6,19-22H,7-8H2. The minimum atomic E-state index is -0.439. The van der Waals surface area contributed by atoms with Crippen LogP contribution in [0.4, 0.5) is 0 Å². The third-order valence-corrected chi connectivity index (χ3v) is 3.36. The summed E-state index contributed by atoms with van der Waals surface area (Å²) >= 11 is 0. The van der Waals surface area contributed by atoms with E-state index in [2.05, 4.69) is 0 Å². The fourth-order valence-electron chi connectivity index (χ4n) is 2.19. The van der Waals surface area contributed by atoms with Crippen molar-refractivity contribution in [1.29, 1.82) is 0 Å². The molecule has 0 spiro atoms. The van der Waals surface area contributed by atoms with E-state index >= 15 is 0 Å². The molecule has 0 saturated heterocycles. The largest absolute Gasteiger partial charge is 0.507 e. The first-order chi connectivity index (χ1) is 10.5. The van der Waals surface area contributed by atoms with Crippen LogP contribution in [0.2, 0.25) is 0 Å². The minimum absolute atomic E-state index is 0.0521. The number of phenols is 2. The third kappa shape index (κ3) is 2.69. The van der Waals surface area contributed by atoms with Gasteiger partial charge in [0, 0.05) is 11.1 Å². The maximum atomic E-state index is 11.0. The van der Waals surface area contributed by atoms with E-state index in [1.54, 1.807) is 0 Å². The van der Waals surface area contributed by atoms with Gasteiger partial charge in [-0.25, -0.2) is 0 Å². The van der Waals surface area contributed by atoms with Crippen LogP contribution in [-0.4, -0.2) is 33.0 Å². The smallest absolute Gasteiger partial charge is 0.153 e. The molecule has 0 aliphatic heterocycles. The number of carbonyl (C=O) groups is 2. The lowest BCUT2D eigenvalue weighted by Crippen LogP contribution is -1.95. The number of aldehydes is 2. The number of hydrogen-bond acceptors (Lipinski definition) is 6. The summed E-state index contributed by atoms with van der Waals surface area (Å²) < 4.78 is 0. The molecule has 4 N–H and O–H groups in total. The Labute approximate surface area is 125 Å². The number of aromatic hydroxyl groups is 2. The first kappa shape index (κ1) is 15.7. The molecule has 0 saturated carbocycles. The van der Waals surface area contributed by atoms with Crippen molar-refractivity contribution in [3.63, 3.8) is 0 Å². The van der Waals surface area contributed by atoms with E-state index in [0.29, 0.717) is 23.7 Å². The SMILES string of the molecule is O=Cc1cc(-c2cc(CO)c(O)c(CO)c2)cc(C=O)c1O. The van der Waals surface area contributed by atoms with Gasteiger partial charge in [0.1, 0.15) is 11.5 Å². The molecule has 0 aliphatic carbocycles. The summed E-state index contributed by atoms with van der Waals surface area (Å²) in [6.07, 6.45) is 0.846. The van der Waals surface area contributed by atoms with Crippen molar-refractivity contribution < 1.29 is 30.0 Å². The van der Waals surface area contributed by atoms with Crippen molar-refractivity contribution in [2.24, 2.45) is 0 Å². The summed E-state index contributed by atoms with van der Waals surface area (Å²) in [5, 5.41) is 38.1. The molecule has 0 fully saturated rings. The Balaban J connectivity index is 2.71. The normalized spacial score (nSPS) is 10.5. The van der Waals surface area contributed by atoms with Crippen LogP contribution < -0.4 is 0 Å². The molecule has 0 radical (unpaired) electrons.